The Hall–Kier alpha value is -1.44. The summed E-state index contributed by atoms with van der Waals surface area (Å²) in [6.07, 6.45) is 2.48. The van der Waals surface area contributed by atoms with E-state index < -0.39 is 5.92 Å². The number of aryl methyl sites for hydroxylation is 1. The standard InChI is InChI=1S/C14H18O2/c1-11(15)14(12(2)16)10-6-9-13-7-4-3-5-8-13/h3-5,7-8,14H,6,9-10H2,1-2H3. The first-order valence-electron chi connectivity index (χ1n) is 5.66. The van der Waals surface area contributed by atoms with E-state index in [4.69, 9.17) is 0 Å². The van der Waals surface area contributed by atoms with E-state index in [9.17, 15) is 9.59 Å². The molecule has 86 valence electrons. The summed E-state index contributed by atoms with van der Waals surface area (Å²) in [5.74, 6) is -0.426. The number of hydrogen-bond acceptors (Lipinski definition) is 2. The summed E-state index contributed by atoms with van der Waals surface area (Å²) in [4.78, 5) is 22.4. The van der Waals surface area contributed by atoms with Gasteiger partial charge < -0.3 is 0 Å². The highest BCUT2D eigenvalue weighted by Crippen LogP contribution is 2.12. The summed E-state index contributed by atoms with van der Waals surface area (Å²) in [5.41, 5.74) is 1.26. The van der Waals surface area contributed by atoms with Gasteiger partial charge in [0, 0.05) is 0 Å². The van der Waals surface area contributed by atoms with Crippen LogP contribution >= 0.6 is 0 Å². The second-order valence-electron chi connectivity index (χ2n) is 4.15. The molecule has 0 saturated heterocycles. The number of carbonyl (C=O) groups is 2. The Morgan fingerprint density at radius 3 is 2.12 bits per heavy atom. The molecule has 0 aliphatic carbocycles. The van der Waals surface area contributed by atoms with Crippen molar-refractivity contribution in [2.24, 2.45) is 5.92 Å². The third kappa shape index (κ3) is 3.97. The largest absolute Gasteiger partial charge is 0.299 e. The normalized spacial score (nSPS) is 10.4. The van der Waals surface area contributed by atoms with E-state index in [0.29, 0.717) is 6.42 Å². The minimum absolute atomic E-state index is 0.0134. The van der Waals surface area contributed by atoms with Crippen LogP contribution in [-0.2, 0) is 16.0 Å². The zero-order chi connectivity index (χ0) is 12.0. The van der Waals surface area contributed by atoms with Gasteiger partial charge in [0.25, 0.3) is 0 Å². The second-order valence-corrected chi connectivity index (χ2v) is 4.15. The topological polar surface area (TPSA) is 34.1 Å². The van der Waals surface area contributed by atoms with E-state index in [2.05, 4.69) is 12.1 Å². The van der Waals surface area contributed by atoms with E-state index in [-0.39, 0.29) is 11.6 Å². The number of ketones is 2. The first-order valence-corrected chi connectivity index (χ1v) is 5.66. The summed E-state index contributed by atoms with van der Waals surface area (Å²) in [6, 6.07) is 10.1. The fraction of sp³-hybridized carbons (Fsp3) is 0.429. The molecule has 0 bridgehead atoms. The molecule has 0 aliphatic rings. The molecule has 0 spiro atoms. The Balaban J connectivity index is 2.40. The first kappa shape index (κ1) is 12.6. The summed E-state index contributed by atoms with van der Waals surface area (Å²) in [5, 5.41) is 0. The molecule has 1 rings (SSSR count). The average Bonchev–Trinajstić information content (AvgIpc) is 2.24. The van der Waals surface area contributed by atoms with Gasteiger partial charge in [0.05, 0.1) is 5.92 Å². The van der Waals surface area contributed by atoms with Crippen molar-refractivity contribution in [3.8, 4) is 0 Å². The minimum atomic E-state index is -0.399. The molecule has 0 unspecified atom stereocenters. The van der Waals surface area contributed by atoms with Crippen molar-refractivity contribution in [3.05, 3.63) is 35.9 Å². The van der Waals surface area contributed by atoms with Crippen LogP contribution in [0.2, 0.25) is 0 Å². The van der Waals surface area contributed by atoms with Crippen LogP contribution in [0.5, 0.6) is 0 Å². The lowest BCUT2D eigenvalue weighted by atomic mass is 9.93. The number of hydrogen-bond donors (Lipinski definition) is 0. The first-order chi connectivity index (χ1) is 7.61. The number of benzene rings is 1. The van der Waals surface area contributed by atoms with Gasteiger partial charge >= 0.3 is 0 Å². The van der Waals surface area contributed by atoms with Crippen LogP contribution in [0.3, 0.4) is 0 Å². The fourth-order valence-corrected chi connectivity index (χ4v) is 1.85. The quantitative estimate of drug-likeness (QED) is 0.688. The zero-order valence-corrected chi connectivity index (χ0v) is 9.90. The van der Waals surface area contributed by atoms with Gasteiger partial charge in [0.2, 0.25) is 0 Å². The van der Waals surface area contributed by atoms with Crippen molar-refractivity contribution in [1.82, 2.24) is 0 Å². The van der Waals surface area contributed by atoms with Crippen LogP contribution in [0.4, 0.5) is 0 Å². The van der Waals surface area contributed by atoms with Crippen LogP contribution in [0.15, 0.2) is 30.3 Å². The predicted octanol–water partition coefficient (Wildman–Crippen LogP) is 2.80. The second kappa shape index (κ2) is 6.21. The van der Waals surface area contributed by atoms with Gasteiger partial charge in [-0.2, -0.15) is 0 Å². The Morgan fingerprint density at radius 2 is 1.62 bits per heavy atom. The monoisotopic (exact) mass is 218 g/mol. The van der Waals surface area contributed by atoms with Crippen LogP contribution < -0.4 is 0 Å². The highest BCUT2D eigenvalue weighted by atomic mass is 16.1. The van der Waals surface area contributed by atoms with E-state index in [1.165, 1.54) is 19.4 Å². The SMILES string of the molecule is CC(=O)C(CCCc1ccccc1)C(C)=O. The van der Waals surface area contributed by atoms with E-state index >= 15 is 0 Å². The van der Waals surface area contributed by atoms with Crippen molar-refractivity contribution in [2.45, 2.75) is 33.1 Å². The van der Waals surface area contributed by atoms with Gasteiger partial charge in [-0.1, -0.05) is 30.3 Å². The summed E-state index contributed by atoms with van der Waals surface area (Å²) < 4.78 is 0. The third-order valence-electron chi connectivity index (χ3n) is 2.78. The molecule has 1 aromatic carbocycles. The molecular weight excluding hydrogens is 200 g/mol. The van der Waals surface area contributed by atoms with Gasteiger partial charge in [-0.15, -0.1) is 0 Å². The van der Waals surface area contributed by atoms with E-state index in [0.717, 1.165) is 12.8 Å². The molecule has 0 amide bonds. The Bertz CT molecular complexity index is 340. The molecular formula is C14H18O2. The maximum absolute atomic E-state index is 11.2. The molecule has 0 aromatic heterocycles. The number of carbonyl (C=O) groups excluding carboxylic acids is 2. The molecule has 0 atom stereocenters. The lowest BCUT2D eigenvalue weighted by Crippen LogP contribution is -2.19. The average molecular weight is 218 g/mol. The van der Waals surface area contributed by atoms with Crippen molar-refractivity contribution in [1.29, 1.82) is 0 Å². The molecule has 0 radical (unpaired) electrons. The maximum atomic E-state index is 11.2. The van der Waals surface area contributed by atoms with Gasteiger partial charge in [-0.05, 0) is 38.7 Å². The highest BCUT2D eigenvalue weighted by molar-refractivity contribution is 6.00. The Kier molecular flexibility index (Phi) is 4.90. The minimum Gasteiger partial charge on any atom is -0.299 e. The summed E-state index contributed by atoms with van der Waals surface area (Å²) in [6.45, 7) is 2.99. The highest BCUT2D eigenvalue weighted by Gasteiger charge is 2.18. The van der Waals surface area contributed by atoms with Crippen molar-refractivity contribution in [2.75, 3.05) is 0 Å². The van der Waals surface area contributed by atoms with Crippen LogP contribution in [0, 0.1) is 5.92 Å². The van der Waals surface area contributed by atoms with Gasteiger partial charge in [0.15, 0.2) is 0 Å². The maximum Gasteiger partial charge on any atom is 0.140 e. The van der Waals surface area contributed by atoms with E-state index in [1.54, 1.807) is 0 Å². The molecule has 0 aliphatic heterocycles. The molecule has 0 heterocycles. The molecule has 2 heteroatoms. The zero-order valence-electron chi connectivity index (χ0n) is 9.90. The lowest BCUT2D eigenvalue weighted by molar-refractivity contribution is -0.130. The number of Topliss-reactive ketones (excluding diaryl/α,β-unsaturated/α-hetero) is 2. The molecule has 1 aromatic rings. The molecule has 0 N–H and O–H groups in total. The van der Waals surface area contributed by atoms with Gasteiger partial charge in [-0.25, -0.2) is 0 Å². The molecule has 16 heavy (non-hydrogen) atoms. The summed E-state index contributed by atoms with van der Waals surface area (Å²) >= 11 is 0. The van der Waals surface area contributed by atoms with Crippen molar-refractivity contribution in [3.63, 3.8) is 0 Å². The third-order valence-corrected chi connectivity index (χ3v) is 2.78. The number of rotatable bonds is 6. The lowest BCUT2D eigenvalue weighted by Gasteiger charge is -2.09. The fourth-order valence-electron chi connectivity index (χ4n) is 1.85. The van der Waals surface area contributed by atoms with Gasteiger partial charge in [-0.3, -0.25) is 9.59 Å². The molecule has 0 fully saturated rings. The van der Waals surface area contributed by atoms with Crippen molar-refractivity contribution < 1.29 is 9.59 Å². The van der Waals surface area contributed by atoms with Crippen LogP contribution in [0.25, 0.3) is 0 Å². The van der Waals surface area contributed by atoms with Crippen molar-refractivity contribution >= 4 is 11.6 Å². The molecule has 2 nitrogen and oxygen atoms in total. The smallest absolute Gasteiger partial charge is 0.140 e. The Labute approximate surface area is 96.7 Å². The molecule has 0 saturated carbocycles. The predicted molar refractivity (Wildman–Crippen MR) is 64.2 cm³/mol. The van der Waals surface area contributed by atoms with E-state index in [1.807, 2.05) is 18.2 Å². The van der Waals surface area contributed by atoms with Gasteiger partial charge in [0.1, 0.15) is 11.6 Å². The summed E-state index contributed by atoms with van der Waals surface area (Å²) in [7, 11) is 0. The van der Waals surface area contributed by atoms with Crippen LogP contribution in [-0.4, -0.2) is 11.6 Å². The van der Waals surface area contributed by atoms with Crippen LogP contribution in [0.1, 0.15) is 32.3 Å². The Morgan fingerprint density at radius 1 is 1.06 bits per heavy atom.